The molecule has 1 aliphatic heterocycles. The second kappa shape index (κ2) is 9.40. The molecule has 1 aromatic heterocycles. The second-order valence-corrected chi connectivity index (χ2v) is 8.21. The smallest absolute Gasteiger partial charge is 0.236 e. The molecule has 3 aromatic rings. The van der Waals surface area contributed by atoms with E-state index in [2.05, 4.69) is 41.2 Å². The van der Waals surface area contributed by atoms with Crippen LogP contribution in [0, 0.1) is 0 Å². The van der Waals surface area contributed by atoms with Crippen LogP contribution in [0.3, 0.4) is 0 Å². The molecule has 4 rings (SSSR count). The van der Waals surface area contributed by atoms with E-state index in [0.29, 0.717) is 19.0 Å². The minimum atomic E-state index is 0.0119. The van der Waals surface area contributed by atoms with Crippen molar-refractivity contribution in [3.63, 3.8) is 0 Å². The summed E-state index contributed by atoms with van der Waals surface area (Å²) in [6, 6.07) is 12.2. The molecule has 2 heterocycles. The number of carbonyl (C=O) groups excluding carboxylic acids is 1. The van der Waals surface area contributed by atoms with Crippen molar-refractivity contribution in [2.45, 2.75) is 19.8 Å². The Morgan fingerprint density at radius 2 is 1.84 bits per heavy atom. The predicted octanol–water partition coefficient (Wildman–Crippen LogP) is 3.11. The molecule has 2 aromatic carbocycles. The Morgan fingerprint density at radius 1 is 1.12 bits per heavy atom. The number of hydrogen-bond acceptors (Lipinski definition) is 7. The molecule has 0 spiro atoms. The van der Waals surface area contributed by atoms with Crippen molar-refractivity contribution in [2.24, 2.45) is 5.73 Å². The lowest BCUT2D eigenvalue weighted by Crippen LogP contribution is -2.50. The van der Waals surface area contributed by atoms with Gasteiger partial charge in [-0.1, -0.05) is 13.8 Å². The van der Waals surface area contributed by atoms with Gasteiger partial charge in [0.25, 0.3) is 0 Å². The third kappa shape index (κ3) is 4.45. The average molecular weight is 435 g/mol. The van der Waals surface area contributed by atoms with E-state index in [1.54, 1.807) is 7.11 Å². The van der Waals surface area contributed by atoms with E-state index >= 15 is 0 Å². The summed E-state index contributed by atoms with van der Waals surface area (Å²) in [5, 5.41) is 4.30. The van der Waals surface area contributed by atoms with Crippen LogP contribution in [0.25, 0.3) is 10.9 Å². The minimum Gasteiger partial charge on any atom is -0.496 e. The van der Waals surface area contributed by atoms with E-state index < -0.39 is 0 Å². The van der Waals surface area contributed by atoms with Gasteiger partial charge in [-0.05, 0) is 42.3 Å². The number of carbonyl (C=O) groups is 1. The molecule has 0 radical (unpaired) electrons. The zero-order valence-electron chi connectivity index (χ0n) is 18.8. The third-order valence-electron chi connectivity index (χ3n) is 5.84. The second-order valence-electron chi connectivity index (χ2n) is 8.21. The van der Waals surface area contributed by atoms with Crippen LogP contribution < -0.4 is 20.7 Å². The van der Waals surface area contributed by atoms with Gasteiger partial charge in [0.1, 0.15) is 5.75 Å². The lowest BCUT2D eigenvalue weighted by molar-refractivity contribution is -0.129. The molecule has 3 N–H and O–H groups in total. The fourth-order valence-electron chi connectivity index (χ4n) is 4.12. The monoisotopic (exact) mass is 434 g/mol. The van der Waals surface area contributed by atoms with Gasteiger partial charge >= 0.3 is 0 Å². The van der Waals surface area contributed by atoms with E-state index in [-0.39, 0.29) is 18.4 Å². The number of benzene rings is 2. The fourth-order valence-corrected chi connectivity index (χ4v) is 4.12. The van der Waals surface area contributed by atoms with Crippen LogP contribution in [0.4, 0.5) is 17.3 Å². The maximum Gasteiger partial charge on any atom is 0.236 e. The van der Waals surface area contributed by atoms with Crippen molar-refractivity contribution >= 4 is 34.1 Å². The number of aromatic nitrogens is 2. The highest BCUT2D eigenvalue weighted by Gasteiger charge is 2.20. The molecule has 8 nitrogen and oxygen atoms in total. The van der Waals surface area contributed by atoms with Crippen molar-refractivity contribution in [3.8, 4) is 5.75 Å². The van der Waals surface area contributed by atoms with Gasteiger partial charge in [0, 0.05) is 54.7 Å². The Morgan fingerprint density at radius 3 is 2.47 bits per heavy atom. The normalized spacial score (nSPS) is 14.2. The van der Waals surface area contributed by atoms with Crippen LogP contribution in [0.2, 0.25) is 0 Å². The standard InChI is InChI=1S/C24H30N6O2/c1-16(2)22-20(32-3)9-4-17-15-26-24(28-23(17)22)27-18-5-7-19(8-6-18)29-10-12-30(13-11-29)21(31)14-25/h4-9,15-16H,10-14,25H2,1-3H3,(H,26,27,28). The zero-order valence-corrected chi connectivity index (χ0v) is 18.8. The average Bonchev–Trinajstić information content (AvgIpc) is 2.83. The quantitative estimate of drug-likeness (QED) is 0.615. The largest absolute Gasteiger partial charge is 0.496 e. The van der Waals surface area contributed by atoms with Gasteiger partial charge in [0.05, 0.1) is 19.2 Å². The van der Waals surface area contributed by atoms with Crippen LogP contribution in [-0.2, 0) is 4.79 Å². The number of amides is 1. The molecule has 0 bridgehead atoms. The first-order valence-electron chi connectivity index (χ1n) is 10.9. The number of methoxy groups -OCH3 is 1. The summed E-state index contributed by atoms with van der Waals surface area (Å²) in [5.74, 6) is 1.68. The van der Waals surface area contributed by atoms with E-state index in [9.17, 15) is 4.79 Å². The summed E-state index contributed by atoms with van der Waals surface area (Å²) < 4.78 is 5.56. The van der Waals surface area contributed by atoms with Gasteiger partial charge in [-0.25, -0.2) is 9.97 Å². The van der Waals surface area contributed by atoms with Gasteiger partial charge < -0.3 is 25.6 Å². The summed E-state index contributed by atoms with van der Waals surface area (Å²) in [6.45, 7) is 7.33. The first kappa shape index (κ1) is 21.8. The number of piperazine rings is 1. The molecule has 1 aliphatic rings. The van der Waals surface area contributed by atoms with Crippen molar-refractivity contribution < 1.29 is 9.53 Å². The number of rotatable bonds is 6. The molecule has 0 saturated carbocycles. The number of nitrogens with zero attached hydrogens (tertiary/aromatic N) is 4. The highest BCUT2D eigenvalue weighted by atomic mass is 16.5. The van der Waals surface area contributed by atoms with Gasteiger partial charge in [0.15, 0.2) is 0 Å². The molecule has 1 saturated heterocycles. The summed E-state index contributed by atoms with van der Waals surface area (Å²) in [7, 11) is 1.69. The Hall–Kier alpha value is -3.39. The molecule has 32 heavy (non-hydrogen) atoms. The van der Waals surface area contributed by atoms with E-state index in [1.807, 2.05) is 35.4 Å². The molecule has 168 valence electrons. The van der Waals surface area contributed by atoms with Crippen LogP contribution in [0.5, 0.6) is 5.75 Å². The Bertz CT molecular complexity index is 1090. The van der Waals surface area contributed by atoms with E-state index in [1.165, 1.54) is 0 Å². The molecular formula is C24H30N6O2. The maximum atomic E-state index is 11.8. The minimum absolute atomic E-state index is 0.0119. The Kier molecular flexibility index (Phi) is 6.41. The van der Waals surface area contributed by atoms with Gasteiger partial charge in [-0.15, -0.1) is 0 Å². The van der Waals surface area contributed by atoms with Crippen LogP contribution >= 0.6 is 0 Å². The zero-order chi connectivity index (χ0) is 22.7. The molecule has 1 fully saturated rings. The summed E-state index contributed by atoms with van der Waals surface area (Å²) >= 11 is 0. The van der Waals surface area contributed by atoms with Crippen LogP contribution in [0.1, 0.15) is 25.3 Å². The highest BCUT2D eigenvalue weighted by Crippen LogP contribution is 2.33. The van der Waals surface area contributed by atoms with E-state index in [0.717, 1.165) is 46.7 Å². The first-order valence-corrected chi connectivity index (χ1v) is 10.9. The Balaban J connectivity index is 1.49. The molecule has 0 aliphatic carbocycles. The Labute approximate surface area is 188 Å². The van der Waals surface area contributed by atoms with Gasteiger partial charge in [-0.3, -0.25) is 4.79 Å². The number of nitrogens with one attached hydrogen (secondary N) is 1. The van der Waals surface area contributed by atoms with E-state index in [4.69, 9.17) is 15.5 Å². The number of hydrogen-bond donors (Lipinski definition) is 2. The number of fused-ring (bicyclic) bond motifs is 1. The van der Waals surface area contributed by atoms with Crippen molar-refractivity contribution in [3.05, 3.63) is 48.2 Å². The molecule has 1 amide bonds. The number of nitrogens with two attached hydrogens (primary N) is 1. The fraction of sp³-hybridized carbons (Fsp3) is 0.375. The van der Waals surface area contributed by atoms with Gasteiger partial charge in [0.2, 0.25) is 11.9 Å². The lowest BCUT2D eigenvalue weighted by atomic mass is 9.99. The van der Waals surface area contributed by atoms with Crippen LogP contribution in [0.15, 0.2) is 42.6 Å². The SMILES string of the molecule is COc1ccc2cnc(Nc3ccc(N4CCN(C(=O)CN)CC4)cc3)nc2c1C(C)C. The van der Waals surface area contributed by atoms with Crippen molar-refractivity contribution in [2.75, 3.05) is 50.1 Å². The number of anilines is 3. The summed E-state index contributed by atoms with van der Waals surface area (Å²) in [5.41, 5.74) is 9.49. The van der Waals surface area contributed by atoms with Gasteiger partial charge in [-0.2, -0.15) is 0 Å². The van der Waals surface area contributed by atoms with Crippen molar-refractivity contribution in [1.82, 2.24) is 14.9 Å². The summed E-state index contributed by atoms with van der Waals surface area (Å²) in [4.78, 5) is 25.1. The number of ether oxygens (including phenoxy) is 1. The maximum absolute atomic E-state index is 11.8. The topological polar surface area (TPSA) is 96.6 Å². The molecule has 8 heteroatoms. The predicted molar refractivity (Wildman–Crippen MR) is 128 cm³/mol. The lowest BCUT2D eigenvalue weighted by Gasteiger charge is -2.36. The molecule has 0 atom stereocenters. The molecule has 0 unspecified atom stereocenters. The van der Waals surface area contributed by atoms with Crippen LogP contribution in [-0.4, -0.2) is 60.6 Å². The first-order chi connectivity index (χ1) is 15.5. The summed E-state index contributed by atoms with van der Waals surface area (Å²) in [6.07, 6.45) is 1.84. The highest BCUT2D eigenvalue weighted by molar-refractivity contribution is 5.85. The third-order valence-corrected chi connectivity index (χ3v) is 5.84. The van der Waals surface area contributed by atoms with Crippen molar-refractivity contribution in [1.29, 1.82) is 0 Å². The molecular weight excluding hydrogens is 404 g/mol.